The number of aromatic nitrogens is 3. The first-order chi connectivity index (χ1) is 12.6. The van der Waals surface area contributed by atoms with Crippen molar-refractivity contribution in [1.82, 2.24) is 14.5 Å². The molecule has 0 amide bonds. The third-order valence-electron chi connectivity index (χ3n) is 4.06. The molecular formula is C19H17BrN4OS. The molecule has 1 saturated carbocycles. The molecule has 0 spiro atoms. The first-order valence-electron chi connectivity index (χ1n) is 8.35. The highest BCUT2D eigenvalue weighted by molar-refractivity contribution is 9.10. The van der Waals surface area contributed by atoms with Crippen molar-refractivity contribution in [3.05, 3.63) is 68.8 Å². The van der Waals surface area contributed by atoms with Crippen molar-refractivity contribution in [3.63, 3.8) is 0 Å². The molecule has 1 aliphatic rings. The predicted octanol–water partition coefficient (Wildman–Crippen LogP) is 4.61. The minimum Gasteiger partial charge on any atom is -0.382 e. The number of benzene rings is 1. The van der Waals surface area contributed by atoms with E-state index in [1.807, 2.05) is 43.3 Å². The minimum atomic E-state index is -0.0965. The Morgan fingerprint density at radius 2 is 1.96 bits per heavy atom. The smallest absolute Gasteiger partial charge is 0.275 e. The van der Waals surface area contributed by atoms with Crippen molar-refractivity contribution in [2.45, 2.75) is 25.8 Å². The molecule has 0 atom stereocenters. The van der Waals surface area contributed by atoms with Crippen molar-refractivity contribution < 1.29 is 0 Å². The van der Waals surface area contributed by atoms with Crippen LogP contribution in [0.3, 0.4) is 0 Å². The Labute approximate surface area is 163 Å². The number of nitrogens with one attached hydrogen (secondary N) is 1. The Hall–Kier alpha value is -2.25. The number of rotatable bonds is 3. The van der Waals surface area contributed by atoms with E-state index in [9.17, 15) is 4.79 Å². The number of aryl methyl sites for hydroxylation is 1. The van der Waals surface area contributed by atoms with Gasteiger partial charge in [-0.15, -0.1) is 11.3 Å². The molecule has 0 bridgehead atoms. The molecular weight excluding hydrogens is 412 g/mol. The third-order valence-corrected chi connectivity index (χ3v) is 5.58. The second-order valence-corrected chi connectivity index (χ2v) is 8.31. The molecule has 0 unspecified atom stereocenters. The molecule has 2 heterocycles. The van der Waals surface area contributed by atoms with E-state index < -0.39 is 0 Å². The molecule has 5 nitrogen and oxygen atoms in total. The fourth-order valence-electron chi connectivity index (χ4n) is 2.58. The first kappa shape index (κ1) is 17.2. The lowest BCUT2D eigenvalue weighted by molar-refractivity contribution is 0.966. The van der Waals surface area contributed by atoms with Crippen LogP contribution in [-0.4, -0.2) is 20.6 Å². The van der Waals surface area contributed by atoms with Gasteiger partial charge in [-0.05, 0) is 56.2 Å². The van der Waals surface area contributed by atoms with Gasteiger partial charge in [-0.3, -0.25) is 14.3 Å². The fraction of sp³-hybridized carbons (Fsp3) is 0.211. The molecule has 1 aliphatic carbocycles. The predicted molar refractivity (Wildman–Crippen MR) is 110 cm³/mol. The molecule has 4 rings (SSSR count). The fourth-order valence-corrected chi connectivity index (χ4v) is 3.65. The van der Waals surface area contributed by atoms with Gasteiger partial charge in [0.25, 0.3) is 5.56 Å². The average Bonchev–Trinajstić information content (AvgIpc) is 3.42. The molecule has 0 saturated heterocycles. The van der Waals surface area contributed by atoms with Crippen LogP contribution in [0.25, 0.3) is 15.9 Å². The molecule has 26 heavy (non-hydrogen) atoms. The maximum atomic E-state index is 13.1. The Morgan fingerprint density at radius 1 is 1.19 bits per heavy atom. The van der Waals surface area contributed by atoms with Gasteiger partial charge in [0.05, 0.1) is 16.2 Å². The van der Waals surface area contributed by atoms with Crippen LogP contribution in [0.2, 0.25) is 0 Å². The van der Waals surface area contributed by atoms with Crippen LogP contribution >= 0.6 is 27.3 Å². The van der Waals surface area contributed by atoms with Gasteiger partial charge in [0.1, 0.15) is 11.0 Å². The summed E-state index contributed by atoms with van der Waals surface area (Å²) in [5, 5.41) is 4.26. The molecule has 7 heteroatoms. The molecule has 2 aromatic heterocycles. The Bertz CT molecular complexity index is 1070. The quantitative estimate of drug-likeness (QED) is 0.661. The SMILES string of the molecule is Cc1nccc(NC2CC2)cc2ncn(-c3ccc(Br)cc3)c(=O)c2s1. The Morgan fingerprint density at radius 3 is 2.69 bits per heavy atom. The van der Waals surface area contributed by atoms with E-state index in [0.29, 0.717) is 16.3 Å². The topological polar surface area (TPSA) is 59.8 Å². The summed E-state index contributed by atoms with van der Waals surface area (Å²) in [5.41, 5.74) is 2.28. The summed E-state index contributed by atoms with van der Waals surface area (Å²) in [6.45, 7) is 1.90. The van der Waals surface area contributed by atoms with E-state index in [-0.39, 0.29) is 5.56 Å². The number of nitrogens with zero attached hydrogens (tertiary/aromatic N) is 3. The van der Waals surface area contributed by atoms with Crippen molar-refractivity contribution >= 4 is 43.2 Å². The largest absolute Gasteiger partial charge is 0.382 e. The maximum absolute atomic E-state index is 13.1. The van der Waals surface area contributed by atoms with Crippen molar-refractivity contribution in [1.29, 1.82) is 0 Å². The van der Waals surface area contributed by atoms with Crippen molar-refractivity contribution in [3.8, 4) is 5.69 Å². The molecule has 0 radical (unpaired) electrons. The van der Waals surface area contributed by atoms with Gasteiger partial charge >= 0.3 is 0 Å². The summed E-state index contributed by atoms with van der Waals surface area (Å²) in [6.07, 6.45) is 5.70. The normalized spacial score (nSPS) is 13.5. The lowest BCUT2D eigenvalue weighted by atomic mass is 10.3. The Kier molecular flexibility index (Phi) is 4.74. The zero-order valence-electron chi connectivity index (χ0n) is 14.1. The van der Waals surface area contributed by atoms with Crippen LogP contribution in [0.15, 0.2) is 58.2 Å². The van der Waals surface area contributed by atoms with E-state index >= 15 is 0 Å². The number of anilines is 1. The van der Waals surface area contributed by atoms with Crippen molar-refractivity contribution in [2.24, 2.45) is 0 Å². The lowest BCUT2D eigenvalue weighted by Crippen LogP contribution is -2.18. The number of fused-ring (bicyclic) bond motifs is 1. The standard InChI is InChI=1S/C19H17BrN4OS/c1-12-21-9-8-15(23-14-4-5-14)10-17-18(26-12)19(25)24(11-22-17)16-6-2-13(20)3-7-16/h2-3,6-11,14,23H,4-5H2,1H3. The number of halogens is 1. The van der Waals surface area contributed by atoms with Gasteiger partial charge in [0, 0.05) is 22.4 Å². The van der Waals surface area contributed by atoms with Crippen LogP contribution in [0.1, 0.15) is 17.8 Å². The van der Waals surface area contributed by atoms with Gasteiger partial charge < -0.3 is 5.32 Å². The minimum absolute atomic E-state index is 0.0965. The number of hydrogen-bond donors (Lipinski definition) is 1. The summed E-state index contributed by atoms with van der Waals surface area (Å²) < 4.78 is 3.11. The van der Waals surface area contributed by atoms with Crippen LogP contribution < -0.4 is 10.9 Å². The van der Waals surface area contributed by atoms with Crippen LogP contribution in [-0.2, 0) is 0 Å². The van der Waals surface area contributed by atoms with Gasteiger partial charge in [0.2, 0.25) is 0 Å². The van der Waals surface area contributed by atoms with Gasteiger partial charge in [-0.1, -0.05) is 15.9 Å². The average molecular weight is 429 g/mol. The zero-order chi connectivity index (χ0) is 18.1. The first-order valence-corrected chi connectivity index (χ1v) is 9.96. The van der Waals surface area contributed by atoms with E-state index in [2.05, 4.69) is 31.2 Å². The summed E-state index contributed by atoms with van der Waals surface area (Å²) in [5.74, 6) is 0. The molecule has 132 valence electrons. The second kappa shape index (κ2) is 7.17. The highest BCUT2D eigenvalue weighted by Gasteiger charge is 2.20. The highest BCUT2D eigenvalue weighted by Crippen LogP contribution is 2.25. The van der Waals surface area contributed by atoms with Crippen molar-refractivity contribution in [2.75, 3.05) is 5.32 Å². The molecule has 1 N–H and O–H groups in total. The van der Waals surface area contributed by atoms with Crippen LogP contribution in [0, 0.1) is 6.92 Å². The van der Waals surface area contributed by atoms with Gasteiger partial charge in [0.15, 0.2) is 0 Å². The highest BCUT2D eigenvalue weighted by atomic mass is 79.9. The number of hydrogen-bond acceptors (Lipinski definition) is 5. The van der Waals surface area contributed by atoms with E-state index in [1.165, 1.54) is 24.2 Å². The summed E-state index contributed by atoms with van der Waals surface area (Å²) >= 11 is 4.77. The Balaban J connectivity index is 1.95. The molecule has 1 fully saturated rings. The van der Waals surface area contributed by atoms with E-state index in [0.717, 1.165) is 20.9 Å². The maximum Gasteiger partial charge on any atom is 0.275 e. The third kappa shape index (κ3) is 3.78. The molecule has 1 aromatic carbocycles. The summed E-state index contributed by atoms with van der Waals surface area (Å²) in [4.78, 5) is 22.1. The monoisotopic (exact) mass is 428 g/mol. The molecule has 3 aromatic rings. The van der Waals surface area contributed by atoms with E-state index in [4.69, 9.17) is 0 Å². The lowest BCUT2D eigenvalue weighted by Gasteiger charge is -2.06. The van der Waals surface area contributed by atoms with Gasteiger partial charge in [-0.2, -0.15) is 0 Å². The van der Waals surface area contributed by atoms with Gasteiger partial charge in [-0.25, -0.2) is 4.98 Å². The zero-order valence-corrected chi connectivity index (χ0v) is 16.5. The summed E-state index contributed by atoms with van der Waals surface area (Å²) in [7, 11) is 0. The second-order valence-electron chi connectivity index (χ2n) is 6.19. The molecule has 0 aliphatic heterocycles. The van der Waals surface area contributed by atoms with E-state index in [1.54, 1.807) is 17.1 Å². The van der Waals surface area contributed by atoms with Crippen LogP contribution in [0.4, 0.5) is 5.69 Å². The summed E-state index contributed by atoms with van der Waals surface area (Å²) in [6, 6.07) is 12.0. The van der Waals surface area contributed by atoms with Crippen LogP contribution in [0.5, 0.6) is 0 Å².